The third-order valence-corrected chi connectivity index (χ3v) is 7.63. The summed E-state index contributed by atoms with van der Waals surface area (Å²) in [5, 5.41) is 3.93. The molecule has 0 bridgehead atoms. The third-order valence-electron chi connectivity index (χ3n) is 5.86. The molecule has 0 saturated heterocycles. The molecule has 3 aromatic carbocycles. The summed E-state index contributed by atoms with van der Waals surface area (Å²) in [5.74, 6) is 1.59. The van der Waals surface area contributed by atoms with Crippen molar-refractivity contribution in [3.05, 3.63) is 106 Å². The number of rotatable bonds is 13. The van der Waals surface area contributed by atoms with Crippen LogP contribution in [0, 0.1) is 5.92 Å². The van der Waals surface area contributed by atoms with Crippen molar-refractivity contribution in [1.29, 1.82) is 0 Å². The number of amides is 2. The van der Waals surface area contributed by atoms with Crippen LogP contribution in [0.1, 0.15) is 37.0 Å². The fourth-order valence-electron chi connectivity index (χ4n) is 3.88. The Morgan fingerprint density at radius 3 is 2.14 bits per heavy atom. The van der Waals surface area contributed by atoms with Crippen LogP contribution < -0.4 is 5.32 Å². The highest BCUT2D eigenvalue weighted by Crippen LogP contribution is 2.25. The Morgan fingerprint density at radius 1 is 0.865 bits per heavy atom. The molecule has 0 aliphatic heterocycles. The maximum Gasteiger partial charge on any atom is 0.243 e. The molecule has 0 saturated carbocycles. The van der Waals surface area contributed by atoms with Gasteiger partial charge in [0, 0.05) is 37.4 Å². The number of benzene rings is 3. The van der Waals surface area contributed by atoms with Crippen molar-refractivity contribution in [3.63, 3.8) is 0 Å². The minimum absolute atomic E-state index is 0.0627. The zero-order valence-corrected chi connectivity index (χ0v) is 23.7. The molecule has 0 aromatic heterocycles. The minimum Gasteiger partial charge on any atom is -0.354 e. The number of hydrogen-bond donors (Lipinski definition) is 1. The van der Waals surface area contributed by atoms with Crippen LogP contribution in [-0.4, -0.2) is 35.1 Å². The lowest BCUT2D eigenvalue weighted by molar-refractivity contribution is -0.141. The lowest BCUT2D eigenvalue weighted by atomic mass is 10.0. The van der Waals surface area contributed by atoms with E-state index in [1.165, 1.54) is 5.56 Å². The average molecular weight is 558 g/mol. The molecular formula is C30H34Cl2N2O2S. The summed E-state index contributed by atoms with van der Waals surface area (Å²) < 4.78 is 0. The van der Waals surface area contributed by atoms with Gasteiger partial charge >= 0.3 is 0 Å². The number of nitrogens with zero attached hydrogens (tertiary/aromatic N) is 1. The summed E-state index contributed by atoms with van der Waals surface area (Å²) >= 11 is 14.1. The number of carbonyl (C=O) groups excluding carboxylic acids is 2. The van der Waals surface area contributed by atoms with Crippen molar-refractivity contribution in [3.8, 4) is 0 Å². The van der Waals surface area contributed by atoms with Gasteiger partial charge in [0.25, 0.3) is 0 Å². The summed E-state index contributed by atoms with van der Waals surface area (Å²) in [6.07, 6.45) is 0.760. The van der Waals surface area contributed by atoms with E-state index in [0.29, 0.717) is 41.1 Å². The molecule has 196 valence electrons. The topological polar surface area (TPSA) is 49.4 Å². The third kappa shape index (κ3) is 9.73. The highest BCUT2D eigenvalue weighted by Gasteiger charge is 2.30. The van der Waals surface area contributed by atoms with E-state index < -0.39 is 6.04 Å². The summed E-state index contributed by atoms with van der Waals surface area (Å²) in [7, 11) is 0. The first-order valence-electron chi connectivity index (χ1n) is 12.5. The molecule has 0 aliphatic carbocycles. The number of hydrogen-bond acceptors (Lipinski definition) is 3. The predicted octanol–water partition coefficient (Wildman–Crippen LogP) is 7.03. The molecule has 1 atom stereocenters. The molecule has 0 spiro atoms. The van der Waals surface area contributed by atoms with Crippen molar-refractivity contribution in [1.82, 2.24) is 10.2 Å². The van der Waals surface area contributed by atoms with Crippen LogP contribution in [0.2, 0.25) is 10.0 Å². The van der Waals surface area contributed by atoms with E-state index in [1.807, 2.05) is 54.6 Å². The first-order chi connectivity index (χ1) is 17.8. The average Bonchev–Trinajstić information content (AvgIpc) is 2.90. The second kappa shape index (κ2) is 15.1. The van der Waals surface area contributed by atoms with E-state index in [4.69, 9.17) is 23.2 Å². The maximum absolute atomic E-state index is 13.7. The second-order valence-corrected chi connectivity index (χ2v) is 11.3. The highest BCUT2D eigenvalue weighted by molar-refractivity contribution is 7.98. The SMILES string of the molecule is CC(C)CNC(=O)[C@H](Cc1ccccc1)N(Cc1ccc(Cl)c(Cl)c1)C(=O)CCSCc1ccccc1. The number of halogens is 2. The molecule has 1 N–H and O–H groups in total. The highest BCUT2D eigenvalue weighted by atomic mass is 35.5. The van der Waals surface area contributed by atoms with Crippen LogP contribution >= 0.6 is 35.0 Å². The smallest absolute Gasteiger partial charge is 0.243 e. The summed E-state index contributed by atoms with van der Waals surface area (Å²) in [6.45, 7) is 4.92. The molecule has 0 aliphatic rings. The Kier molecular flexibility index (Phi) is 11.8. The van der Waals surface area contributed by atoms with E-state index in [1.54, 1.807) is 28.8 Å². The first kappa shape index (κ1) is 29.1. The fraction of sp³-hybridized carbons (Fsp3) is 0.333. The number of carbonyl (C=O) groups is 2. The van der Waals surface area contributed by atoms with Crippen molar-refractivity contribution in [2.45, 2.75) is 45.0 Å². The normalized spacial score (nSPS) is 11.8. The zero-order valence-electron chi connectivity index (χ0n) is 21.3. The van der Waals surface area contributed by atoms with Gasteiger partial charge in [0.05, 0.1) is 10.0 Å². The summed E-state index contributed by atoms with van der Waals surface area (Å²) in [5.41, 5.74) is 3.05. The molecule has 3 aromatic rings. The molecule has 0 fully saturated rings. The fourth-order valence-corrected chi connectivity index (χ4v) is 5.09. The van der Waals surface area contributed by atoms with E-state index in [2.05, 4.69) is 31.3 Å². The van der Waals surface area contributed by atoms with Crippen molar-refractivity contribution < 1.29 is 9.59 Å². The molecule has 4 nitrogen and oxygen atoms in total. The van der Waals surface area contributed by atoms with Crippen molar-refractivity contribution in [2.75, 3.05) is 12.3 Å². The molecule has 3 rings (SSSR count). The van der Waals surface area contributed by atoms with Gasteiger partial charge in [-0.05, 0) is 34.7 Å². The first-order valence-corrected chi connectivity index (χ1v) is 14.4. The standard InChI is InChI=1S/C30H34Cl2N2O2S/c1-22(2)19-33-30(36)28(18-23-9-5-3-6-10-23)34(20-25-13-14-26(31)27(32)17-25)29(35)15-16-37-21-24-11-7-4-8-12-24/h3-14,17,22,28H,15-16,18-21H2,1-2H3,(H,33,36)/t28-/m0/s1. The van der Waals surface area contributed by atoms with Crippen LogP contribution in [0.25, 0.3) is 0 Å². The predicted molar refractivity (Wildman–Crippen MR) is 156 cm³/mol. The lowest BCUT2D eigenvalue weighted by Gasteiger charge is -2.32. The van der Waals surface area contributed by atoms with Crippen molar-refractivity contribution in [2.24, 2.45) is 5.92 Å². The second-order valence-electron chi connectivity index (χ2n) is 9.40. The van der Waals surface area contributed by atoms with E-state index in [-0.39, 0.29) is 18.4 Å². The maximum atomic E-state index is 13.7. The Bertz CT molecular complexity index is 1140. The van der Waals surface area contributed by atoms with Gasteiger partial charge in [-0.15, -0.1) is 0 Å². The van der Waals surface area contributed by atoms with Gasteiger partial charge in [0.2, 0.25) is 11.8 Å². The van der Waals surface area contributed by atoms with Gasteiger partial charge in [0.15, 0.2) is 0 Å². The van der Waals surface area contributed by atoms with E-state index in [0.717, 1.165) is 16.9 Å². The van der Waals surface area contributed by atoms with Gasteiger partial charge in [-0.1, -0.05) is 104 Å². The van der Waals surface area contributed by atoms with E-state index in [9.17, 15) is 9.59 Å². The van der Waals surface area contributed by atoms with Crippen LogP contribution in [0.4, 0.5) is 0 Å². The van der Waals surface area contributed by atoms with Crippen LogP contribution in [0.5, 0.6) is 0 Å². The van der Waals surface area contributed by atoms with Crippen LogP contribution in [-0.2, 0) is 28.3 Å². The van der Waals surface area contributed by atoms with E-state index >= 15 is 0 Å². The molecule has 7 heteroatoms. The van der Waals surface area contributed by atoms with Gasteiger partial charge < -0.3 is 10.2 Å². The Hall–Kier alpha value is -2.47. The Morgan fingerprint density at radius 2 is 1.51 bits per heavy atom. The number of thioether (sulfide) groups is 1. The minimum atomic E-state index is -0.651. The molecule has 0 radical (unpaired) electrons. The van der Waals surface area contributed by atoms with Crippen LogP contribution in [0.15, 0.2) is 78.9 Å². The molecular weight excluding hydrogens is 523 g/mol. The monoisotopic (exact) mass is 556 g/mol. The summed E-state index contributed by atoms with van der Waals surface area (Å²) in [4.78, 5) is 28.8. The van der Waals surface area contributed by atoms with Crippen LogP contribution in [0.3, 0.4) is 0 Å². The largest absolute Gasteiger partial charge is 0.354 e. The Balaban J connectivity index is 1.81. The van der Waals surface area contributed by atoms with Gasteiger partial charge in [-0.3, -0.25) is 9.59 Å². The quantitative estimate of drug-likeness (QED) is 0.230. The zero-order chi connectivity index (χ0) is 26.6. The lowest BCUT2D eigenvalue weighted by Crippen LogP contribution is -2.51. The molecule has 0 heterocycles. The number of nitrogens with one attached hydrogen (secondary N) is 1. The Labute approximate surface area is 234 Å². The van der Waals surface area contributed by atoms with Gasteiger partial charge in [-0.25, -0.2) is 0 Å². The van der Waals surface area contributed by atoms with Gasteiger partial charge in [0.1, 0.15) is 6.04 Å². The van der Waals surface area contributed by atoms with Crippen molar-refractivity contribution >= 4 is 46.8 Å². The summed E-state index contributed by atoms with van der Waals surface area (Å²) in [6, 6.07) is 24.7. The molecule has 0 unspecified atom stereocenters. The molecule has 2 amide bonds. The van der Waals surface area contributed by atoms with Gasteiger partial charge in [-0.2, -0.15) is 11.8 Å². The molecule has 37 heavy (non-hydrogen) atoms.